The van der Waals surface area contributed by atoms with Gasteiger partial charge in [0, 0.05) is 22.1 Å². The summed E-state index contributed by atoms with van der Waals surface area (Å²) < 4.78 is 3.17. The Balaban J connectivity index is 2.17. The summed E-state index contributed by atoms with van der Waals surface area (Å²) in [6.45, 7) is 8.71. The van der Waals surface area contributed by atoms with Gasteiger partial charge in [-0.3, -0.25) is 4.40 Å². The zero-order chi connectivity index (χ0) is 16.6. The first-order chi connectivity index (χ1) is 10.8. The molecule has 2 aromatic heterocycles. The number of hydrogen-bond donors (Lipinski definition) is 1. The van der Waals surface area contributed by atoms with Crippen LogP contribution in [0.1, 0.15) is 44.9 Å². The van der Waals surface area contributed by atoms with Gasteiger partial charge in [-0.15, -0.1) is 0 Å². The molecule has 1 N–H and O–H groups in total. The number of fused-ring (bicyclic) bond motifs is 1. The van der Waals surface area contributed by atoms with Gasteiger partial charge in [-0.2, -0.15) is 0 Å². The largest absolute Gasteiger partial charge is 0.365 e. The van der Waals surface area contributed by atoms with E-state index < -0.39 is 0 Å². The van der Waals surface area contributed by atoms with Crippen LogP contribution in [0.15, 0.2) is 53.1 Å². The second-order valence-corrected chi connectivity index (χ2v) is 7.84. The van der Waals surface area contributed by atoms with Crippen LogP contribution in [0.5, 0.6) is 0 Å². The first kappa shape index (κ1) is 16.1. The molecule has 0 unspecified atom stereocenters. The van der Waals surface area contributed by atoms with Crippen LogP contribution in [0, 0.1) is 0 Å². The van der Waals surface area contributed by atoms with Crippen molar-refractivity contribution >= 4 is 27.4 Å². The molecule has 120 valence electrons. The van der Waals surface area contributed by atoms with Gasteiger partial charge in [0.2, 0.25) is 0 Å². The van der Waals surface area contributed by atoms with Crippen LogP contribution >= 0.6 is 15.9 Å². The molecule has 0 aliphatic carbocycles. The molecule has 1 aromatic carbocycles. The molecule has 0 amide bonds. The van der Waals surface area contributed by atoms with Gasteiger partial charge in [-0.05, 0) is 54.4 Å². The number of halogens is 1. The number of benzene rings is 1. The number of imidazole rings is 1. The predicted molar refractivity (Wildman–Crippen MR) is 100 cm³/mol. The van der Waals surface area contributed by atoms with Crippen molar-refractivity contribution in [1.82, 2.24) is 9.38 Å². The van der Waals surface area contributed by atoms with Crippen molar-refractivity contribution in [2.75, 3.05) is 5.32 Å². The molecular weight excluding hydrogens is 350 g/mol. The van der Waals surface area contributed by atoms with Gasteiger partial charge in [0.1, 0.15) is 11.5 Å². The van der Waals surface area contributed by atoms with Gasteiger partial charge in [0.25, 0.3) is 0 Å². The molecule has 0 spiro atoms. The maximum Gasteiger partial charge on any atom is 0.138 e. The number of nitrogens with one attached hydrogen (secondary N) is 1. The minimum absolute atomic E-state index is 0.0383. The standard InChI is InChI=1S/C19H22BrN3/c1-13(14-8-6-5-7-9-14)17-18(22-19(2,3)4)23-12-15(20)10-11-16(23)21-17/h5-13,22H,1-4H3/t13-/m1/s1. The first-order valence-electron chi connectivity index (χ1n) is 7.86. The molecule has 4 heteroatoms. The number of anilines is 1. The number of pyridine rings is 1. The molecule has 2 heterocycles. The lowest BCUT2D eigenvalue weighted by molar-refractivity contribution is 0.626. The van der Waals surface area contributed by atoms with Crippen LogP contribution in [0.25, 0.3) is 5.65 Å². The SMILES string of the molecule is C[C@H](c1ccccc1)c1nc2ccc(Br)cn2c1NC(C)(C)C. The Hall–Kier alpha value is -1.81. The van der Waals surface area contributed by atoms with Gasteiger partial charge in [0.15, 0.2) is 0 Å². The van der Waals surface area contributed by atoms with E-state index in [-0.39, 0.29) is 11.5 Å². The monoisotopic (exact) mass is 371 g/mol. The van der Waals surface area contributed by atoms with E-state index in [1.807, 2.05) is 18.2 Å². The van der Waals surface area contributed by atoms with Gasteiger partial charge in [-0.25, -0.2) is 4.98 Å². The topological polar surface area (TPSA) is 29.3 Å². The zero-order valence-corrected chi connectivity index (χ0v) is 15.6. The van der Waals surface area contributed by atoms with E-state index in [2.05, 4.69) is 83.8 Å². The minimum Gasteiger partial charge on any atom is -0.365 e. The van der Waals surface area contributed by atoms with Gasteiger partial charge < -0.3 is 5.32 Å². The van der Waals surface area contributed by atoms with Gasteiger partial charge >= 0.3 is 0 Å². The highest BCUT2D eigenvalue weighted by atomic mass is 79.9. The van der Waals surface area contributed by atoms with Crippen molar-refractivity contribution in [2.45, 2.75) is 39.2 Å². The van der Waals surface area contributed by atoms with E-state index in [1.165, 1.54) is 5.56 Å². The van der Waals surface area contributed by atoms with E-state index in [0.717, 1.165) is 21.6 Å². The lowest BCUT2D eigenvalue weighted by Crippen LogP contribution is -2.27. The summed E-state index contributed by atoms with van der Waals surface area (Å²) >= 11 is 3.56. The summed E-state index contributed by atoms with van der Waals surface area (Å²) in [5.41, 5.74) is 3.26. The summed E-state index contributed by atoms with van der Waals surface area (Å²) in [4.78, 5) is 4.89. The summed E-state index contributed by atoms with van der Waals surface area (Å²) in [6, 6.07) is 14.6. The average molecular weight is 372 g/mol. The van der Waals surface area contributed by atoms with Crippen molar-refractivity contribution in [1.29, 1.82) is 0 Å². The lowest BCUT2D eigenvalue weighted by Gasteiger charge is -2.24. The Kier molecular flexibility index (Phi) is 4.19. The second-order valence-electron chi connectivity index (χ2n) is 6.93. The molecule has 0 aliphatic heterocycles. The van der Waals surface area contributed by atoms with Crippen LogP contribution in [-0.4, -0.2) is 14.9 Å². The molecule has 23 heavy (non-hydrogen) atoms. The molecule has 3 aromatic rings. The highest BCUT2D eigenvalue weighted by Crippen LogP contribution is 2.32. The fourth-order valence-corrected chi connectivity index (χ4v) is 3.05. The fourth-order valence-electron chi connectivity index (χ4n) is 2.72. The minimum atomic E-state index is -0.0383. The fraction of sp³-hybridized carbons (Fsp3) is 0.316. The number of aromatic nitrogens is 2. The van der Waals surface area contributed by atoms with Crippen molar-refractivity contribution in [3.05, 3.63) is 64.4 Å². The summed E-state index contributed by atoms with van der Waals surface area (Å²) in [7, 11) is 0. The van der Waals surface area contributed by atoms with Crippen molar-refractivity contribution in [2.24, 2.45) is 0 Å². The molecule has 0 fully saturated rings. The molecule has 0 radical (unpaired) electrons. The number of nitrogens with zero attached hydrogens (tertiary/aromatic N) is 2. The van der Waals surface area contributed by atoms with Crippen LogP contribution in [-0.2, 0) is 0 Å². The molecule has 0 saturated carbocycles. The molecule has 1 atom stereocenters. The first-order valence-corrected chi connectivity index (χ1v) is 8.65. The Bertz CT molecular complexity index is 816. The highest BCUT2D eigenvalue weighted by Gasteiger charge is 2.22. The van der Waals surface area contributed by atoms with E-state index in [1.54, 1.807) is 0 Å². The second kappa shape index (κ2) is 6.00. The maximum absolute atomic E-state index is 4.89. The normalized spacial score (nSPS) is 13.3. The molecular formula is C19H22BrN3. The predicted octanol–water partition coefficient (Wildman–Crippen LogP) is 5.46. The van der Waals surface area contributed by atoms with Crippen molar-refractivity contribution in [3.8, 4) is 0 Å². The summed E-state index contributed by atoms with van der Waals surface area (Å²) in [5, 5.41) is 3.63. The Morgan fingerprint density at radius 2 is 1.78 bits per heavy atom. The average Bonchev–Trinajstić information content (AvgIpc) is 2.84. The summed E-state index contributed by atoms with van der Waals surface area (Å²) in [6.07, 6.45) is 2.07. The third kappa shape index (κ3) is 3.42. The quantitative estimate of drug-likeness (QED) is 0.662. The zero-order valence-electron chi connectivity index (χ0n) is 14.0. The van der Waals surface area contributed by atoms with Crippen LogP contribution in [0.4, 0.5) is 5.82 Å². The molecule has 3 nitrogen and oxygen atoms in total. The number of hydrogen-bond acceptors (Lipinski definition) is 2. The van der Waals surface area contributed by atoms with E-state index >= 15 is 0 Å². The smallest absolute Gasteiger partial charge is 0.138 e. The Labute approximate surface area is 145 Å². The molecule has 3 rings (SSSR count). The van der Waals surface area contributed by atoms with E-state index in [0.29, 0.717) is 0 Å². The van der Waals surface area contributed by atoms with Crippen LogP contribution < -0.4 is 5.32 Å². The van der Waals surface area contributed by atoms with E-state index in [9.17, 15) is 0 Å². The van der Waals surface area contributed by atoms with Crippen LogP contribution in [0.3, 0.4) is 0 Å². The third-order valence-electron chi connectivity index (χ3n) is 3.81. The molecule has 0 aliphatic rings. The molecule has 0 bridgehead atoms. The van der Waals surface area contributed by atoms with Gasteiger partial charge in [0.05, 0.1) is 5.69 Å². The summed E-state index contributed by atoms with van der Waals surface area (Å²) in [5.74, 6) is 1.28. The maximum atomic E-state index is 4.89. The van der Waals surface area contributed by atoms with Gasteiger partial charge in [-0.1, -0.05) is 37.3 Å². The Morgan fingerprint density at radius 3 is 2.43 bits per heavy atom. The van der Waals surface area contributed by atoms with Crippen LogP contribution in [0.2, 0.25) is 0 Å². The van der Waals surface area contributed by atoms with E-state index in [4.69, 9.17) is 4.98 Å². The number of rotatable bonds is 3. The van der Waals surface area contributed by atoms with Crippen molar-refractivity contribution < 1.29 is 0 Å². The van der Waals surface area contributed by atoms with Crippen molar-refractivity contribution in [3.63, 3.8) is 0 Å². The Morgan fingerprint density at radius 1 is 1.09 bits per heavy atom. The third-order valence-corrected chi connectivity index (χ3v) is 4.28. The highest BCUT2D eigenvalue weighted by molar-refractivity contribution is 9.10. The molecule has 0 saturated heterocycles. The lowest BCUT2D eigenvalue weighted by atomic mass is 9.97.